The quantitative estimate of drug-likeness (QED) is 0.0612. The summed E-state index contributed by atoms with van der Waals surface area (Å²) in [5.74, 6) is -3.37. The van der Waals surface area contributed by atoms with Gasteiger partial charge in [0.05, 0.1) is 12.1 Å². The normalized spacial score (nSPS) is 19.4. The molecule has 32 heavy (non-hydrogen) atoms. The molecular formula is C18H33N7O6S. The molecule has 0 aromatic carbocycles. The Kier molecular flexibility index (Phi) is 11.2. The molecule has 13 nitrogen and oxygen atoms in total. The second-order valence-corrected chi connectivity index (χ2v) is 7.92. The number of carboxylic acids is 1. The lowest BCUT2D eigenvalue weighted by molar-refractivity contribution is -0.145. The van der Waals surface area contributed by atoms with E-state index in [-0.39, 0.29) is 31.2 Å². The Morgan fingerprint density at radius 3 is 2.44 bits per heavy atom. The molecule has 0 radical (unpaired) electrons. The third-order valence-corrected chi connectivity index (χ3v) is 5.35. The minimum atomic E-state index is -1.32. The number of likely N-dealkylation sites (tertiary alicyclic amines) is 1. The Morgan fingerprint density at radius 1 is 1.25 bits per heavy atom. The highest BCUT2D eigenvalue weighted by atomic mass is 32.1. The molecule has 1 aliphatic heterocycles. The van der Waals surface area contributed by atoms with Gasteiger partial charge >= 0.3 is 5.97 Å². The molecule has 5 unspecified atom stereocenters. The van der Waals surface area contributed by atoms with Crippen LogP contribution in [0.1, 0.15) is 32.6 Å². The van der Waals surface area contributed by atoms with E-state index in [4.69, 9.17) is 22.3 Å². The van der Waals surface area contributed by atoms with Crippen molar-refractivity contribution in [2.24, 2.45) is 22.2 Å². The molecule has 1 rings (SSSR count). The van der Waals surface area contributed by atoms with Crippen molar-refractivity contribution in [1.82, 2.24) is 15.5 Å². The van der Waals surface area contributed by atoms with Crippen LogP contribution in [0.3, 0.4) is 0 Å². The van der Waals surface area contributed by atoms with Gasteiger partial charge in [0.25, 0.3) is 0 Å². The summed E-state index contributed by atoms with van der Waals surface area (Å²) < 4.78 is 0. The summed E-state index contributed by atoms with van der Waals surface area (Å²) in [5, 5.41) is 24.0. The van der Waals surface area contributed by atoms with Crippen LogP contribution in [0, 0.1) is 0 Å². The van der Waals surface area contributed by atoms with Crippen LogP contribution >= 0.6 is 12.6 Å². The van der Waals surface area contributed by atoms with Crippen LogP contribution in [0.25, 0.3) is 0 Å². The van der Waals surface area contributed by atoms with E-state index < -0.39 is 54.0 Å². The van der Waals surface area contributed by atoms with Gasteiger partial charge in [-0.15, -0.1) is 0 Å². The zero-order valence-corrected chi connectivity index (χ0v) is 18.8. The monoisotopic (exact) mass is 475 g/mol. The number of nitrogens with two attached hydrogens (primary N) is 3. The van der Waals surface area contributed by atoms with Gasteiger partial charge in [-0.3, -0.25) is 19.4 Å². The lowest BCUT2D eigenvalue weighted by Crippen LogP contribution is -2.59. The SMILES string of the molecule is CC(O)C(NC(=O)C(N)CCCN=C(N)N)C(=O)N1CCCC1C(=O)NC(CS)C(=O)O. The van der Waals surface area contributed by atoms with Crippen LogP contribution in [0.15, 0.2) is 4.99 Å². The Bertz CT molecular complexity index is 716. The van der Waals surface area contributed by atoms with Gasteiger partial charge in [-0.1, -0.05) is 0 Å². The van der Waals surface area contributed by atoms with Gasteiger partial charge in [0.1, 0.15) is 18.1 Å². The minimum absolute atomic E-state index is 0.0731. The number of thiol groups is 1. The van der Waals surface area contributed by atoms with E-state index >= 15 is 0 Å². The third-order valence-electron chi connectivity index (χ3n) is 4.99. The molecule has 1 aliphatic rings. The molecule has 0 bridgehead atoms. The third kappa shape index (κ3) is 8.16. The predicted octanol–water partition coefficient (Wildman–Crippen LogP) is -3.28. The van der Waals surface area contributed by atoms with E-state index in [0.29, 0.717) is 19.3 Å². The largest absolute Gasteiger partial charge is 0.480 e. The summed E-state index contributed by atoms with van der Waals surface area (Å²) in [6.07, 6.45) is 0.255. The molecule has 0 spiro atoms. The molecule has 0 aromatic rings. The first kappa shape index (κ1) is 27.5. The Labute approximate surface area is 191 Å². The Morgan fingerprint density at radius 2 is 1.91 bits per heavy atom. The average molecular weight is 476 g/mol. The van der Waals surface area contributed by atoms with E-state index in [1.165, 1.54) is 11.8 Å². The number of carbonyl (C=O) groups excluding carboxylic acids is 3. The van der Waals surface area contributed by atoms with Crippen LogP contribution in [0.5, 0.6) is 0 Å². The number of aliphatic hydroxyl groups is 1. The van der Waals surface area contributed by atoms with Gasteiger partial charge in [0.2, 0.25) is 17.7 Å². The summed E-state index contributed by atoms with van der Waals surface area (Å²) in [4.78, 5) is 54.2. The van der Waals surface area contributed by atoms with Crippen molar-refractivity contribution in [1.29, 1.82) is 0 Å². The smallest absolute Gasteiger partial charge is 0.327 e. The molecular weight excluding hydrogens is 442 g/mol. The lowest BCUT2D eigenvalue weighted by atomic mass is 10.1. The number of guanidine groups is 1. The van der Waals surface area contributed by atoms with E-state index in [2.05, 4.69) is 28.3 Å². The van der Waals surface area contributed by atoms with Crippen molar-refractivity contribution in [3.05, 3.63) is 0 Å². The summed E-state index contributed by atoms with van der Waals surface area (Å²) in [7, 11) is 0. The molecule has 5 atom stereocenters. The summed E-state index contributed by atoms with van der Waals surface area (Å²) in [5.41, 5.74) is 16.3. The first-order chi connectivity index (χ1) is 15.0. The summed E-state index contributed by atoms with van der Waals surface area (Å²) in [6, 6.07) is -4.40. The number of carbonyl (C=O) groups is 4. The fraction of sp³-hybridized carbons (Fsp3) is 0.722. The molecule has 10 N–H and O–H groups in total. The molecule has 1 saturated heterocycles. The highest BCUT2D eigenvalue weighted by molar-refractivity contribution is 7.80. The number of aliphatic imine (C=N–C) groups is 1. The number of carboxylic acid groups (broad SMARTS) is 1. The number of aliphatic hydroxyl groups excluding tert-OH is 1. The second-order valence-electron chi connectivity index (χ2n) is 7.55. The number of hydrogen-bond donors (Lipinski definition) is 8. The molecule has 14 heteroatoms. The maximum atomic E-state index is 13.0. The van der Waals surface area contributed by atoms with Gasteiger partial charge in [0, 0.05) is 18.8 Å². The first-order valence-electron chi connectivity index (χ1n) is 10.2. The van der Waals surface area contributed by atoms with Crippen molar-refractivity contribution in [3.63, 3.8) is 0 Å². The van der Waals surface area contributed by atoms with Gasteiger partial charge < -0.3 is 42.9 Å². The number of aliphatic carboxylic acids is 1. The topological polar surface area (TPSA) is 226 Å². The molecule has 3 amide bonds. The van der Waals surface area contributed by atoms with E-state index in [1.807, 2.05) is 0 Å². The van der Waals surface area contributed by atoms with Crippen molar-refractivity contribution in [2.45, 2.75) is 62.9 Å². The number of nitrogens with zero attached hydrogens (tertiary/aromatic N) is 2. The van der Waals surface area contributed by atoms with E-state index in [1.54, 1.807) is 0 Å². The summed E-state index contributed by atoms with van der Waals surface area (Å²) in [6.45, 7) is 1.84. The highest BCUT2D eigenvalue weighted by Crippen LogP contribution is 2.20. The zero-order chi connectivity index (χ0) is 24.4. The molecule has 0 aromatic heterocycles. The number of nitrogens with one attached hydrogen (secondary N) is 2. The molecule has 1 heterocycles. The molecule has 0 saturated carbocycles. The van der Waals surface area contributed by atoms with E-state index in [9.17, 15) is 24.3 Å². The van der Waals surface area contributed by atoms with Crippen molar-refractivity contribution in [3.8, 4) is 0 Å². The average Bonchev–Trinajstić information content (AvgIpc) is 3.21. The maximum Gasteiger partial charge on any atom is 0.327 e. The second kappa shape index (κ2) is 13.1. The molecule has 0 aliphatic carbocycles. The van der Waals surface area contributed by atoms with E-state index in [0.717, 1.165) is 0 Å². The summed E-state index contributed by atoms with van der Waals surface area (Å²) >= 11 is 3.90. The van der Waals surface area contributed by atoms with Gasteiger partial charge in [-0.2, -0.15) is 12.6 Å². The molecule has 182 valence electrons. The Balaban J connectivity index is 2.79. The Hall–Kier alpha value is -2.58. The van der Waals surface area contributed by atoms with Gasteiger partial charge in [-0.05, 0) is 32.6 Å². The van der Waals surface area contributed by atoms with Crippen LogP contribution in [-0.4, -0.2) is 93.9 Å². The molecule has 1 fully saturated rings. The van der Waals surface area contributed by atoms with Gasteiger partial charge in [0.15, 0.2) is 5.96 Å². The van der Waals surface area contributed by atoms with Crippen molar-refractivity contribution >= 4 is 42.3 Å². The van der Waals surface area contributed by atoms with Crippen LogP contribution in [0.2, 0.25) is 0 Å². The van der Waals surface area contributed by atoms with Crippen LogP contribution < -0.4 is 27.8 Å². The fourth-order valence-electron chi connectivity index (χ4n) is 3.23. The van der Waals surface area contributed by atoms with Gasteiger partial charge in [-0.25, -0.2) is 4.79 Å². The fourth-order valence-corrected chi connectivity index (χ4v) is 3.48. The number of hydrogen-bond acceptors (Lipinski definition) is 8. The van der Waals surface area contributed by atoms with Crippen molar-refractivity contribution < 1.29 is 29.4 Å². The van der Waals surface area contributed by atoms with Crippen molar-refractivity contribution in [2.75, 3.05) is 18.8 Å². The van der Waals surface area contributed by atoms with Crippen LogP contribution in [-0.2, 0) is 19.2 Å². The first-order valence-corrected chi connectivity index (χ1v) is 10.9. The number of amides is 3. The standard InChI is InChI=1S/C18H33N7O6S/c1-9(26)13(24-14(27)10(19)4-2-6-22-18(20)21)16(29)25-7-3-5-12(25)15(28)23-11(8-32)17(30)31/h9-13,26,32H,2-8,19H2,1H3,(H,23,28)(H,24,27)(H,30,31)(H4,20,21,22). The minimum Gasteiger partial charge on any atom is -0.480 e. The number of rotatable bonds is 12. The zero-order valence-electron chi connectivity index (χ0n) is 17.9. The highest BCUT2D eigenvalue weighted by Gasteiger charge is 2.40. The predicted molar refractivity (Wildman–Crippen MR) is 120 cm³/mol. The lowest BCUT2D eigenvalue weighted by Gasteiger charge is -2.31. The maximum absolute atomic E-state index is 13.0. The van der Waals surface area contributed by atoms with Crippen LogP contribution in [0.4, 0.5) is 0 Å².